The van der Waals surface area contributed by atoms with E-state index in [1.807, 2.05) is 24.0 Å². The lowest BCUT2D eigenvalue weighted by molar-refractivity contribution is 0.0756. The Bertz CT molecular complexity index is 369. The van der Waals surface area contributed by atoms with Crippen LogP contribution in [-0.4, -0.2) is 52.2 Å². The quantitative estimate of drug-likeness (QED) is 0.898. The second-order valence-electron chi connectivity index (χ2n) is 4.91. The molecule has 1 N–H and O–H groups in total. The van der Waals surface area contributed by atoms with E-state index in [4.69, 9.17) is 0 Å². The first-order chi connectivity index (χ1) is 8.70. The third-order valence-corrected chi connectivity index (χ3v) is 4.65. The number of rotatable bonds is 4. The van der Waals surface area contributed by atoms with Crippen LogP contribution in [0.25, 0.3) is 0 Å². The number of hydrogen-bond acceptors (Lipinski definition) is 4. The fraction of sp³-hybridized carbons (Fsp3) is 0.643. The average Bonchev–Trinajstić information content (AvgIpc) is 2.40. The average molecular weight is 266 g/mol. The first-order valence-corrected chi connectivity index (χ1v) is 7.76. The monoisotopic (exact) mass is 266 g/mol. The van der Waals surface area contributed by atoms with Gasteiger partial charge in [-0.15, -0.1) is 0 Å². The van der Waals surface area contributed by atoms with Gasteiger partial charge in [-0.2, -0.15) is 11.8 Å². The van der Waals surface area contributed by atoms with Gasteiger partial charge in [-0.25, -0.2) is 0 Å². The Hall–Kier alpha value is -0.580. The van der Waals surface area contributed by atoms with Gasteiger partial charge in [-0.05, 0) is 25.1 Å². The molecule has 4 heteroatoms. The molecule has 3 nitrogen and oxygen atoms in total. The van der Waals surface area contributed by atoms with E-state index in [2.05, 4.69) is 29.9 Å². The predicted molar refractivity (Wildman–Crippen MR) is 77.1 cm³/mol. The van der Waals surface area contributed by atoms with E-state index in [0.29, 0.717) is 6.42 Å². The number of aryl methyl sites for hydroxylation is 1. The van der Waals surface area contributed by atoms with Crippen molar-refractivity contribution in [2.45, 2.75) is 31.9 Å². The molecule has 0 saturated carbocycles. The van der Waals surface area contributed by atoms with Crippen molar-refractivity contribution in [1.29, 1.82) is 0 Å². The molecule has 1 saturated heterocycles. The molecule has 1 aromatic heterocycles. The van der Waals surface area contributed by atoms with Crippen molar-refractivity contribution in [3.05, 3.63) is 29.6 Å². The van der Waals surface area contributed by atoms with Gasteiger partial charge in [0.2, 0.25) is 0 Å². The van der Waals surface area contributed by atoms with Crippen LogP contribution in [0.15, 0.2) is 18.3 Å². The summed E-state index contributed by atoms with van der Waals surface area (Å²) < 4.78 is 0. The summed E-state index contributed by atoms with van der Waals surface area (Å²) in [6.07, 6.45) is 3.27. The lowest BCUT2D eigenvalue weighted by Crippen LogP contribution is -2.47. The molecule has 2 unspecified atom stereocenters. The minimum atomic E-state index is -0.317. The summed E-state index contributed by atoms with van der Waals surface area (Å²) in [5, 5.41) is 10.3. The molecule has 100 valence electrons. The summed E-state index contributed by atoms with van der Waals surface area (Å²) >= 11 is 1.93. The van der Waals surface area contributed by atoms with Crippen molar-refractivity contribution in [3.63, 3.8) is 0 Å². The first-order valence-electron chi connectivity index (χ1n) is 6.60. The fourth-order valence-electron chi connectivity index (χ4n) is 2.25. The van der Waals surface area contributed by atoms with Crippen molar-refractivity contribution in [3.8, 4) is 0 Å². The zero-order valence-corrected chi connectivity index (χ0v) is 12.0. The van der Waals surface area contributed by atoms with E-state index in [-0.39, 0.29) is 12.1 Å². The maximum atomic E-state index is 10.3. The second kappa shape index (κ2) is 6.55. The standard InChI is InChI=1S/C14H22N2OS/c1-3-11-4-5-12(15-9-11)8-14(17)13-10-18-7-6-16(13)2/h4-5,9,13-14,17H,3,6-8,10H2,1-2H3. The molecule has 18 heavy (non-hydrogen) atoms. The molecule has 0 radical (unpaired) electrons. The van der Waals surface area contributed by atoms with Gasteiger partial charge in [-0.1, -0.05) is 13.0 Å². The highest BCUT2D eigenvalue weighted by atomic mass is 32.2. The number of nitrogens with zero attached hydrogens (tertiary/aromatic N) is 2. The van der Waals surface area contributed by atoms with Crippen LogP contribution in [0.2, 0.25) is 0 Å². The van der Waals surface area contributed by atoms with Gasteiger partial charge >= 0.3 is 0 Å². The Balaban J connectivity index is 1.94. The summed E-state index contributed by atoms with van der Waals surface area (Å²) in [5.41, 5.74) is 2.24. The Morgan fingerprint density at radius 1 is 1.56 bits per heavy atom. The van der Waals surface area contributed by atoms with Gasteiger partial charge in [0.1, 0.15) is 0 Å². The summed E-state index contributed by atoms with van der Waals surface area (Å²) in [6, 6.07) is 4.41. The smallest absolute Gasteiger partial charge is 0.0758 e. The third kappa shape index (κ3) is 3.46. The number of aromatic nitrogens is 1. The number of aliphatic hydroxyl groups excluding tert-OH is 1. The molecule has 1 aromatic rings. The molecule has 1 aliphatic rings. The van der Waals surface area contributed by atoms with Crippen LogP contribution < -0.4 is 0 Å². The Labute approximate surface area is 114 Å². The van der Waals surface area contributed by atoms with E-state index in [1.165, 1.54) is 11.3 Å². The van der Waals surface area contributed by atoms with E-state index < -0.39 is 0 Å². The van der Waals surface area contributed by atoms with Crippen LogP contribution >= 0.6 is 11.8 Å². The molecule has 0 spiro atoms. The molecule has 0 aliphatic carbocycles. The minimum absolute atomic E-state index is 0.261. The molecule has 1 aliphatic heterocycles. The van der Waals surface area contributed by atoms with Crippen LogP contribution in [0, 0.1) is 0 Å². The predicted octanol–water partition coefficient (Wildman–Crippen LogP) is 1.59. The topological polar surface area (TPSA) is 36.4 Å². The van der Waals surface area contributed by atoms with Crippen LogP contribution in [0.5, 0.6) is 0 Å². The molecule has 0 bridgehead atoms. The SMILES string of the molecule is CCc1ccc(CC(O)C2CSCCN2C)nc1. The highest BCUT2D eigenvalue weighted by molar-refractivity contribution is 7.99. The normalized spacial score (nSPS) is 22.9. The maximum absolute atomic E-state index is 10.3. The summed E-state index contributed by atoms with van der Waals surface area (Å²) in [7, 11) is 2.10. The van der Waals surface area contributed by atoms with E-state index in [0.717, 1.165) is 24.4 Å². The Kier molecular flexibility index (Phi) is 5.03. The van der Waals surface area contributed by atoms with Crippen molar-refractivity contribution < 1.29 is 5.11 Å². The fourth-order valence-corrected chi connectivity index (χ4v) is 3.55. The number of likely N-dealkylation sites (N-methyl/N-ethyl adjacent to an activating group) is 1. The third-order valence-electron chi connectivity index (χ3n) is 3.60. The zero-order valence-electron chi connectivity index (χ0n) is 11.2. The Morgan fingerprint density at radius 2 is 2.39 bits per heavy atom. The lowest BCUT2D eigenvalue weighted by Gasteiger charge is -2.35. The maximum Gasteiger partial charge on any atom is 0.0758 e. The van der Waals surface area contributed by atoms with Crippen molar-refractivity contribution in [1.82, 2.24) is 9.88 Å². The zero-order chi connectivity index (χ0) is 13.0. The number of hydrogen-bond donors (Lipinski definition) is 1. The largest absolute Gasteiger partial charge is 0.391 e. The molecule has 0 aromatic carbocycles. The van der Waals surface area contributed by atoms with Gasteiger partial charge in [0, 0.05) is 42.4 Å². The summed E-state index contributed by atoms with van der Waals surface area (Å²) in [5.74, 6) is 2.19. The number of pyridine rings is 1. The van der Waals surface area contributed by atoms with Gasteiger partial charge in [0.25, 0.3) is 0 Å². The first kappa shape index (κ1) is 13.8. The summed E-state index contributed by atoms with van der Waals surface area (Å²) in [4.78, 5) is 6.69. The lowest BCUT2D eigenvalue weighted by atomic mass is 10.0. The van der Waals surface area contributed by atoms with Gasteiger partial charge in [0.05, 0.1) is 6.10 Å². The highest BCUT2D eigenvalue weighted by Crippen LogP contribution is 2.19. The highest BCUT2D eigenvalue weighted by Gasteiger charge is 2.26. The molecule has 2 atom stereocenters. The van der Waals surface area contributed by atoms with Crippen LogP contribution in [0.3, 0.4) is 0 Å². The molecular weight excluding hydrogens is 244 g/mol. The molecule has 2 heterocycles. The van der Waals surface area contributed by atoms with Gasteiger partial charge < -0.3 is 5.11 Å². The molecule has 0 amide bonds. The van der Waals surface area contributed by atoms with Crippen LogP contribution in [0.4, 0.5) is 0 Å². The minimum Gasteiger partial charge on any atom is -0.391 e. The van der Waals surface area contributed by atoms with E-state index >= 15 is 0 Å². The molecule has 2 rings (SSSR count). The van der Waals surface area contributed by atoms with Crippen molar-refractivity contribution in [2.24, 2.45) is 0 Å². The second-order valence-corrected chi connectivity index (χ2v) is 6.06. The van der Waals surface area contributed by atoms with Crippen LogP contribution in [-0.2, 0) is 12.8 Å². The van der Waals surface area contributed by atoms with Crippen molar-refractivity contribution in [2.75, 3.05) is 25.1 Å². The molecule has 1 fully saturated rings. The Morgan fingerprint density at radius 3 is 3.00 bits per heavy atom. The summed E-state index contributed by atoms with van der Waals surface area (Å²) in [6.45, 7) is 3.19. The van der Waals surface area contributed by atoms with Gasteiger partial charge in [0.15, 0.2) is 0 Å². The van der Waals surface area contributed by atoms with Crippen molar-refractivity contribution >= 4 is 11.8 Å². The number of aliphatic hydroxyl groups is 1. The van der Waals surface area contributed by atoms with Gasteiger partial charge in [-0.3, -0.25) is 9.88 Å². The van der Waals surface area contributed by atoms with E-state index in [1.54, 1.807) is 0 Å². The van der Waals surface area contributed by atoms with E-state index in [9.17, 15) is 5.11 Å². The van der Waals surface area contributed by atoms with Crippen LogP contribution in [0.1, 0.15) is 18.2 Å². The number of thioether (sulfide) groups is 1. The molecular formula is C14H22N2OS.